The van der Waals surface area contributed by atoms with Gasteiger partial charge in [-0.15, -0.1) is 0 Å². The molecule has 1 aromatic rings. The molecule has 0 spiro atoms. The van der Waals surface area contributed by atoms with Gasteiger partial charge in [-0.2, -0.15) is 17.0 Å². The van der Waals surface area contributed by atoms with E-state index in [9.17, 15) is 23.7 Å². The van der Waals surface area contributed by atoms with Crippen LogP contribution in [-0.2, 0) is 21.5 Å². The van der Waals surface area contributed by atoms with Crippen LogP contribution in [0.4, 0.5) is 0 Å². The van der Waals surface area contributed by atoms with Gasteiger partial charge in [-0.1, -0.05) is 30.3 Å². The maximum Gasteiger partial charge on any atom is 0.282 e. The van der Waals surface area contributed by atoms with Gasteiger partial charge < -0.3 is 20.1 Å². The van der Waals surface area contributed by atoms with E-state index in [4.69, 9.17) is 4.74 Å². The lowest BCUT2D eigenvalue weighted by molar-refractivity contribution is -0.128. The van der Waals surface area contributed by atoms with E-state index in [1.807, 2.05) is 37.3 Å². The summed E-state index contributed by atoms with van der Waals surface area (Å²) in [6, 6.07) is 9.07. The molecule has 5 atom stereocenters. The van der Waals surface area contributed by atoms with E-state index in [1.54, 1.807) is 0 Å². The summed E-state index contributed by atoms with van der Waals surface area (Å²) in [6.45, 7) is 2.22. The minimum Gasteiger partial charge on any atom is -0.387 e. The van der Waals surface area contributed by atoms with Crippen molar-refractivity contribution in [3.05, 3.63) is 35.9 Å². The molecule has 9 heteroatoms. The van der Waals surface area contributed by atoms with Crippen LogP contribution in [0.5, 0.6) is 0 Å². The monoisotopic (exact) mass is 358 g/mol. The van der Waals surface area contributed by atoms with Crippen molar-refractivity contribution >= 4 is 10.2 Å². The molecule has 0 aromatic heterocycles. The Hall–Kier alpha value is -1.07. The highest BCUT2D eigenvalue weighted by molar-refractivity contribution is 7.87. The van der Waals surface area contributed by atoms with Crippen LogP contribution in [0.3, 0.4) is 0 Å². The molecule has 2 fully saturated rings. The third kappa shape index (κ3) is 3.21. The van der Waals surface area contributed by atoms with Gasteiger partial charge in [0.1, 0.15) is 18.3 Å². The number of benzene rings is 1. The Labute approximate surface area is 141 Å². The average Bonchev–Trinajstić information content (AvgIpc) is 2.91. The standard InChI is InChI=1S/C15H22N2O6S/c1-10-7-16(9-12-13(18)14(19)15(20)23-12)24(21,22)17(10)8-11-5-3-2-4-6-11/h2-6,10,12-15,18-20H,7-9H2,1H3/t10-,12+,13+,14+,15+/m0/s1. The van der Waals surface area contributed by atoms with Crippen molar-refractivity contribution in [2.45, 2.75) is 44.1 Å². The second kappa shape index (κ2) is 6.68. The lowest BCUT2D eigenvalue weighted by atomic mass is 10.1. The summed E-state index contributed by atoms with van der Waals surface area (Å²) in [5.74, 6) is 0. The summed E-state index contributed by atoms with van der Waals surface area (Å²) in [7, 11) is -3.71. The first-order chi connectivity index (χ1) is 11.3. The molecule has 24 heavy (non-hydrogen) atoms. The Morgan fingerprint density at radius 3 is 2.42 bits per heavy atom. The van der Waals surface area contributed by atoms with Crippen molar-refractivity contribution in [3.63, 3.8) is 0 Å². The summed E-state index contributed by atoms with van der Waals surface area (Å²) in [5.41, 5.74) is 0.887. The number of rotatable bonds is 4. The van der Waals surface area contributed by atoms with Crippen LogP contribution in [-0.4, -0.2) is 76.1 Å². The van der Waals surface area contributed by atoms with Gasteiger partial charge in [-0.3, -0.25) is 0 Å². The van der Waals surface area contributed by atoms with E-state index in [0.29, 0.717) is 0 Å². The van der Waals surface area contributed by atoms with Gasteiger partial charge in [-0.05, 0) is 12.5 Å². The van der Waals surface area contributed by atoms with E-state index in [0.717, 1.165) is 5.56 Å². The smallest absolute Gasteiger partial charge is 0.282 e. The summed E-state index contributed by atoms with van der Waals surface area (Å²) in [4.78, 5) is 0. The van der Waals surface area contributed by atoms with Crippen molar-refractivity contribution in [2.24, 2.45) is 0 Å². The maximum atomic E-state index is 12.8. The predicted octanol–water partition coefficient (Wildman–Crippen LogP) is -1.12. The number of nitrogens with zero attached hydrogens (tertiary/aromatic N) is 2. The zero-order valence-electron chi connectivity index (χ0n) is 13.3. The van der Waals surface area contributed by atoms with Crippen molar-refractivity contribution in [1.82, 2.24) is 8.61 Å². The Bertz CT molecular complexity index is 670. The van der Waals surface area contributed by atoms with Gasteiger partial charge in [0.15, 0.2) is 6.29 Å². The third-order valence-corrected chi connectivity index (χ3v) is 6.52. The van der Waals surface area contributed by atoms with Gasteiger partial charge in [-0.25, -0.2) is 0 Å². The average molecular weight is 358 g/mol. The molecule has 2 aliphatic heterocycles. The maximum absolute atomic E-state index is 12.8. The minimum absolute atomic E-state index is 0.118. The van der Waals surface area contributed by atoms with Crippen LogP contribution < -0.4 is 0 Å². The summed E-state index contributed by atoms with van der Waals surface area (Å²) in [5, 5.41) is 28.8. The molecule has 2 heterocycles. The van der Waals surface area contributed by atoms with E-state index < -0.39 is 34.8 Å². The molecule has 0 bridgehead atoms. The number of aliphatic hydroxyl groups excluding tert-OH is 3. The fourth-order valence-electron chi connectivity index (χ4n) is 3.11. The second-order valence-electron chi connectivity index (χ2n) is 6.25. The van der Waals surface area contributed by atoms with E-state index in [2.05, 4.69) is 0 Å². The van der Waals surface area contributed by atoms with Crippen LogP contribution in [0.15, 0.2) is 30.3 Å². The van der Waals surface area contributed by atoms with E-state index in [1.165, 1.54) is 8.61 Å². The highest BCUT2D eigenvalue weighted by Gasteiger charge is 2.47. The molecule has 2 saturated heterocycles. The van der Waals surface area contributed by atoms with Crippen molar-refractivity contribution in [1.29, 1.82) is 0 Å². The first-order valence-corrected chi connectivity index (χ1v) is 9.21. The number of hydrogen-bond acceptors (Lipinski definition) is 6. The quantitative estimate of drug-likeness (QED) is 0.629. The molecule has 0 amide bonds. The van der Waals surface area contributed by atoms with Crippen molar-refractivity contribution in [3.8, 4) is 0 Å². The van der Waals surface area contributed by atoms with Gasteiger partial charge in [0, 0.05) is 25.7 Å². The fraction of sp³-hybridized carbons (Fsp3) is 0.600. The predicted molar refractivity (Wildman–Crippen MR) is 84.8 cm³/mol. The minimum atomic E-state index is -3.71. The molecule has 0 saturated carbocycles. The fourth-order valence-corrected chi connectivity index (χ4v) is 4.98. The largest absolute Gasteiger partial charge is 0.387 e. The summed E-state index contributed by atoms with van der Waals surface area (Å²) < 4.78 is 33.2. The molecule has 2 aliphatic rings. The van der Waals surface area contributed by atoms with Crippen LogP contribution >= 0.6 is 0 Å². The van der Waals surface area contributed by atoms with Crippen LogP contribution in [0.25, 0.3) is 0 Å². The van der Waals surface area contributed by atoms with Crippen LogP contribution in [0.1, 0.15) is 12.5 Å². The Balaban J connectivity index is 1.73. The van der Waals surface area contributed by atoms with Gasteiger partial charge in [0.25, 0.3) is 10.2 Å². The topological polar surface area (TPSA) is 111 Å². The third-order valence-electron chi connectivity index (χ3n) is 4.48. The molecule has 0 unspecified atom stereocenters. The molecule has 0 aliphatic carbocycles. The molecule has 0 radical (unpaired) electrons. The molecule has 1 aromatic carbocycles. The SMILES string of the molecule is C[C@H]1CN(C[C@H]2O[C@@H](O)[C@H](O)[C@@H]2O)S(=O)(=O)N1Cc1ccccc1. The van der Waals surface area contributed by atoms with Crippen molar-refractivity contribution in [2.75, 3.05) is 13.1 Å². The highest BCUT2D eigenvalue weighted by atomic mass is 32.2. The van der Waals surface area contributed by atoms with Gasteiger partial charge in [0.05, 0.1) is 0 Å². The van der Waals surface area contributed by atoms with E-state index >= 15 is 0 Å². The lowest BCUT2D eigenvalue weighted by Gasteiger charge is -2.23. The molecule has 3 rings (SSSR count). The Morgan fingerprint density at radius 1 is 1.17 bits per heavy atom. The number of ether oxygens (including phenoxy) is 1. The molecular formula is C15H22N2O6S. The zero-order chi connectivity index (χ0) is 17.5. The summed E-state index contributed by atoms with van der Waals surface area (Å²) >= 11 is 0. The normalized spacial score (nSPS) is 37.1. The van der Waals surface area contributed by atoms with Gasteiger partial charge in [0.2, 0.25) is 0 Å². The highest BCUT2D eigenvalue weighted by Crippen LogP contribution is 2.28. The number of aliphatic hydroxyl groups is 3. The van der Waals surface area contributed by atoms with Crippen molar-refractivity contribution < 1.29 is 28.5 Å². The first-order valence-electron chi connectivity index (χ1n) is 7.81. The zero-order valence-corrected chi connectivity index (χ0v) is 14.1. The molecule has 8 nitrogen and oxygen atoms in total. The Kier molecular flexibility index (Phi) is 4.94. The van der Waals surface area contributed by atoms with Gasteiger partial charge >= 0.3 is 0 Å². The molecular weight excluding hydrogens is 336 g/mol. The second-order valence-corrected chi connectivity index (χ2v) is 8.13. The lowest BCUT2D eigenvalue weighted by Crippen LogP contribution is -2.42. The first kappa shape index (κ1) is 17.7. The Morgan fingerprint density at radius 2 is 1.83 bits per heavy atom. The summed E-state index contributed by atoms with van der Waals surface area (Å²) in [6.07, 6.45) is -5.23. The van der Waals surface area contributed by atoms with E-state index in [-0.39, 0.29) is 25.7 Å². The van der Waals surface area contributed by atoms with Crippen LogP contribution in [0, 0.1) is 0 Å². The van der Waals surface area contributed by atoms with Crippen LogP contribution in [0.2, 0.25) is 0 Å². The number of hydrogen-bond donors (Lipinski definition) is 3. The molecule has 3 N–H and O–H groups in total. The molecule has 134 valence electrons.